The number of nitrogens with zero attached hydrogens (tertiary/aromatic N) is 2. The van der Waals surface area contributed by atoms with E-state index in [2.05, 4.69) is 4.90 Å². The van der Waals surface area contributed by atoms with Gasteiger partial charge in [0.2, 0.25) is 5.91 Å². The van der Waals surface area contributed by atoms with Crippen LogP contribution >= 0.6 is 0 Å². The quantitative estimate of drug-likeness (QED) is 0.842. The Labute approximate surface area is 143 Å². The number of morpholine rings is 1. The maximum absolute atomic E-state index is 13.2. The number of likely N-dealkylation sites (tertiary alicyclic amines) is 1. The van der Waals surface area contributed by atoms with Crippen LogP contribution in [0.2, 0.25) is 0 Å². The van der Waals surface area contributed by atoms with E-state index in [-0.39, 0.29) is 17.9 Å². The van der Waals surface area contributed by atoms with Gasteiger partial charge in [0.25, 0.3) is 0 Å². The van der Waals surface area contributed by atoms with Gasteiger partial charge >= 0.3 is 5.97 Å². The molecule has 6 heteroatoms. The SMILES string of the molecule is O=C(C1COCCN1C1CCCC1)N1C[C@@H]2CCC[C@@]2(C(=O)O)C1. The van der Waals surface area contributed by atoms with Gasteiger partial charge in [-0.3, -0.25) is 14.5 Å². The molecule has 1 amide bonds. The van der Waals surface area contributed by atoms with Crippen molar-refractivity contribution in [1.29, 1.82) is 0 Å². The highest BCUT2D eigenvalue weighted by molar-refractivity contribution is 5.85. The van der Waals surface area contributed by atoms with Gasteiger partial charge < -0.3 is 14.7 Å². The summed E-state index contributed by atoms with van der Waals surface area (Å²) in [6.45, 7) is 2.97. The zero-order valence-corrected chi connectivity index (χ0v) is 14.3. The molecule has 0 radical (unpaired) electrons. The Bertz CT molecular complexity index is 519. The number of ether oxygens (including phenoxy) is 1. The topological polar surface area (TPSA) is 70.1 Å². The van der Waals surface area contributed by atoms with Gasteiger partial charge in [-0.05, 0) is 31.6 Å². The smallest absolute Gasteiger partial charge is 0.311 e. The molecule has 3 atom stereocenters. The van der Waals surface area contributed by atoms with Crippen LogP contribution in [0.15, 0.2) is 0 Å². The number of hydrogen-bond acceptors (Lipinski definition) is 4. The van der Waals surface area contributed by atoms with E-state index in [0.29, 0.717) is 38.8 Å². The van der Waals surface area contributed by atoms with Crippen molar-refractivity contribution in [3.05, 3.63) is 0 Å². The summed E-state index contributed by atoms with van der Waals surface area (Å²) < 4.78 is 5.61. The van der Waals surface area contributed by atoms with Gasteiger partial charge in [-0.2, -0.15) is 0 Å². The number of rotatable bonds is 3. The van der Waals surface area contributed by atoms with Crippen molar-refractivity contribution in [2.24, 2.45) is 11.3 Å². The standard InChI is InChI=1S/C18H28N2O4/c21-16(15-11-24-9-8-20(15)14-5-1-2-6-14)19-10-13-4-3-7-18(13,12-19)17(22)23/h13-15H,1-12H2,(H,22,23)/t13-,15?,18+/m0/s1. The van der Waals surface area contributed by atoms with Gasteiger partial charge in [0, 0.05) is 25.7 Å². The Morgan fingerprint density at radius 1 is 1.12 bits per heavy atom. The van der Waals surface area contributed by atoms with Crippen molar-refractivity contribution in [1.82, 2.24) is 9.80 Å². The molecule has 24 heavy (non-hydrogen) atoms. The van der Waals surface area contributed by atoms with Crippen LogP contribution in [0, 0.1) is 11.3 Å². The van der Waals surface area contributed by atoms with Crippen LogP contribution in [0.4, 0.5) is 0 Å². The minimum atomic E-state index is -0.715. The van der Waals surface area contributed by atoms with Crippen LogP contribution in [-0.4, -0.2) is 71.7 Å². The second-order valence-electron chi connectivity index (χ2n) is 8.04. The third-order valence-electron chi connectivity index (χ3n) is 6.86. The Hall–Kier alpha value is -1.14. The molecule has 4 fully saturated rings. The minimum absolute atomic E-state index is 0.0941. The van der Waals surface area contributed by atoms with E-state index in [4.69, 9.17) is 4.74 Å². The fraction of sp³-hybridized carbons (Fsp3) is 0.889. The van der Waals surface area contributed by atoms with E-state index in [1.165, 1.54) is 25.7 Å². The summed E-state index contributed by atoms with van der Waals surface area (Å²) in [6.07, 6.45) is 7.46. The third kappa shape index (κ3) is 2.54. The van der Waals surface area contributed by atoms with E-state index in [1.54, 1.807) is 0 Å². The van der Waals surface area contributed by atoms with Crippen LogP contribution in [-0.2, 0) is 14.3 Å². The summed E-state index contributed by atoms with van der Waals surface area (Å²) >= 11 is 0. The highest BCUT2D eigenvalue weighted by atomic mass is 16.5. The van der Waals surface area contributed by atoms with Crippen molar-refractivity contribution in [2.45, 2.75) is 57.0 Å². The Balaban J connectivity index is 1.49. The maximum Gasteiger partial charge on any atom is 0.311 e. The first-order valence-corrected chi connectivity index (χ1v) is 9.47. The lowest BCUT2D eigenvalue weighted by Crippen LogP contribution is -2.57. The molecule has 2 heterocycles. The molecular weight excluding hydrogens is 308 g/mol. The van der Waals surface area contributed by atoms with Crippen LogP contribution in [0.1, 0.15) is 44.9 Å². The fourth-order valence-corrected chi connectivity index (χ4v) is 5.52. The third-order valence-corrected chi connectivity index (χ3v) is 6.86. The molecule has 6 nitrogen and oxygen atoms in total. The normalized spacial score (nSPS) is 37.8. The molecule has 2 aliphatic heterocycles. The Morgan fingerprint density at radius 3 is 2.62 bits per heavy atom. The van der Waals surface area contributed by atoms with E-state index in [9.17, 15) is 14.7 Å². The van der Waals surface area contributed by atoms with Gasteiger partial charge in [-0.25, -0.2) is 0 Å². The van der Waals surface area contributed by atoms with Gasteiger partial charge in [0.1, 0.15) is 6.04 Å². The van der Waals surface area contributed by atoms with Crippen molar-refractivity contribution in [2.75, 3.05) is 32.8 Å². The number of carboxylic acid groups (broad SMARTS) is 1. The number of fused-ring (bicyclic) bond motifs is 1. The Kier molecular flexibility index (Phi) is 4.29. The molecule has 1 unspecified atom stereocenters. The lowest BCUT2D eigenvalue weighted by Gasteiger charge is -2.40. The molecule has 0 spiro atoms. The van der Waals surface area contributed by atoms with Crippen LogP contribution in [0.5, 0.6) is 0 Å². The molecule has 2 saturated carbocycles. The number of hydrogen-bond donors (Lipinski definition) is 1. The Morgan fingerprint density at radius 2 is 1.92 bits per heavy atom. The molecule has 0 bridgehead atoms. The van der Waals surface area contributed by atoms with Gasteiger partial charge in [0.15, 0.2) is 0 Å². The van der Waals surface area contributed by atoms with Crippen LogP contribution in [0.25, 0.3) is 0 Å². The van der Waals surface area contributed by atoms with Gasteiger partial charge in [0.05, 0.1) is 18.6 Å². The van der Waals surface area contributed by atoms with E-state index in [1.807, 2.05) is 4.90 Å². The van der Waals surface area contributed by atoms with E-state index in [0.717, 1.165) is 19.4 Å². The van der Waals surface area contributed by atoms with Crippen molar-refractivity contribution >= 4 is 11.9 Å². The predicted octanol–water partition coefficient (Wildman–Crippen LogP) is 1.34. The fourth-order valence-electron chi connectivity index (χ4n) is 5.52. The lowest BCUT2D eigenvalue weighted by atomic mass is 9.81. The summed E-state index contributed by atoms with van der Waals surface area (Å²) in [5.41, 5.74) is -0.691. The summed E-state index contributed by atoms with van der Waals surface area (Å²) in [5.74, 6) is -0.493. The minimum Gasteiger partial charge on any atom is -0.481 e. The van der Waals surface area contributed by atoms with Crippen LogP contribution in [0.3, 0.4) is 0 Å². The largest absolute Gasteiger partial charge is 0.481 e. The first kappa shape index (κ1) is 16.3. The molecule has 4 rings (SSSR count). The summed E-state index contributed by atoms with van der Waals surface area (Å²) in [7, 11) is 0. The molecule has 2 saturated heterocycles. The van der Waals surface area contributed by atoms with Gasteiger partial charge in [-0.15, -0.1) is 0 Å². The van der Waals surface area contributed by atoms with Crippen molar-refractivity contribution in [3.8, 4) is 0 Å². The first-order chi connectivity index (χ1) is 11.6. The second-order valence-corrected chi connectivity index (χ2v) is 8.04. The summed E-state index contributed by atoms with van der Waals surface area (Å²) in [5, 5.41) is 9.74. The highest BCUT2D eigenvalue weighted by Crippen LogP contribution is 2.49. The number of carbonyl (C=O) groups is 2. The van der Waals surface area contributed by atoms with E-state index >= 15 is 0 Å². The zero-order valence-electron chi connectivity index (χ0n) is 14.3. The molecule has 0 aromatic rings. The maximum atomic E-state index is 13.2. The molecule has 0 aromatic heterocycles. The van der Waals surface area contributed by atoms with Crippen molar-refractivity contribution in [3.63, 3.8) is 0 Å². The van der Waals surface area contributed by atoms with E-state index < -0.39 is 11.4 Å². The number of carboxylic acids is 1. The average Bonchev–Trinajstić information content (AvgIpc) is 3.29. The average molecular weight is 336 g/mol. The highest BCUT2D eigenvalue weighted by Gasteiger charge is 2.56. The number of carbonyl (C=O) groups excluding carboxylic acids is 1. The molecule has 4 aliphatic rings. The van der Waals surface area contributed by atoms with Crippen LogP contribution < -0.4 is 0 Å². The molecule has 0 aromatic carbocycles. The number of amides is 1. The monoisotopic (exact) mass is 336 g/mol. The summed E-state index contributed by atoms with van der Waals surface area (Å²) in [6, 6.07) is 0.282. The second kappa shape index (κ2) is 6.30. The predicted molar refractivity (Wildman–Crippen MR) is 87.6 cm³/mol. The van der Waals surface area contributed by atoms with Crippen molar-refractivity contribution < 1.29 is 19.4 Å². The number of aliphatic carboxylic acids is 1. The molecule has 2 aliphatic carbocycles. The molecular formula is C18H28N2O4. The molecule has 134 valence electrons. The molecule has 1 N–H and O–H groups in total. The zero-order chi connectivity index (χ0) is 16.7. The lowest BCUT2D eigenvalue weighted by molar-refractivity contribution is -0.150. The van der Waals surface area contributed by atoms with Gasteiger partial charge in [-0.1, -0.05) is 19.3 Å². The first-order valence-electron chi connectivity index (χ1n) is 9.47. The summed E-state index contributed by atoms with van der Waals surface area (Å²) in [4.78, 5) is 29.2.